The fourth-order valence-electron chi connectivity index (χ4n) is 1.17. The molecule has 0 aromatic carbocycles. The van der Waals surface area contributed by atoms with Gasteiger partial charge in [-0.15, -0.1) is 0 Å². The summed E-state index contributed by atoms with van der Waals surface area (Å²) in [6.45, 7) is 1.86. The van der Waals surface area contributed by atoms with Crippen LogP contribution in [0.4, 0.5) is 5.13 Å². The number of nitrogens with zero attached hydrogens (tertiary/aromatic N) is 3. The first kappa shape index (κ1) is 11.0. The second-order valence-electron chi connectivity index (χ2n) is 3.08. The number of allylic oxidation sites excluding steroid dienone is 1. The van der Waals surface area contributed by atoms with E-state index >= 15 is 0 Å². The maximum absolute atomic E-state index is 5.77. The molecule has 0 amide bonds. The fraction of sp³-hybridized carbons (Fsp3) is 0.100. The van der Waals surface area contributed by atoms with Crippen molar-refractivity contribution in [1.82, 2.24) is 9.97 Å². The number of rotatable bonds is 2. The van der Waals surface area contributed by atoms with E-state index < -0.39 is 0 Å². The van der Waals surface area contributed by atoms with Crippen LogP contribution in [0.5, 0.6) is 0 Å². The van der Waals surface area contributed by atoms with E-state index in [1.807, 2.05) is 6.92 Å². The Kier molecular flexibility index (Phi) is 3.17. The van der Waals surface area contributed by atoms with Crippen molar-refractivity contribution >= 4 is 44.0 Å². The van der Waals surface area contributed by atoms with Gasteiger partial charge < -0.3 is 5.73 Å². The van der Waals surface area contributed by atoms with Gasteiger partial charge in [-0.3, -0.25) is 0 Å². The summed E-state index contributed by atoms with van der Waals surface area (Å²) in [5.41, 5.74) is 6.89. The number of thiazole rings is 1. The van der Waals surface area contributed by atoms with Gasteiger partial charge in [0.2, 0.25) is 5.13 Å². The molecule has 0 spiro atoms. The van der Waals surface area contributed by atoms with Gasteiger partial charge in [0.05, 0.1) is 10.2 Å². The topological polar surface area (TPSA) is 64.2 Å². The number of halogens is 1. The molecular weight excluding hydrogens is 244 g/mol. The van der Waals surface area contributed by atoms with Crippen molar-refractivity contribution in [3.63, 3.8) is 0 Å². The van der Waals surface area contributed by atoms with Gasteiger partial charge in [-0.25, -0.2) is 15.0 Å². The van der Waals surface area contributed by atoms with Gasteiger partial charge in [0.15, 0.2) is 0 Å². The van der Waals surface area contributed by atoms with Gasteiger partial charge in [0.1, 0.15) is 5.15 Å². The van der Waals surface area contributed by atoms with Crippen molar-refractivity contribution in [2.24, 2.45) is 10.7 Å². The summed E-state index contributed by atoms with van der Waals surface area (Å²) in [6, 6.07) is 1.72. The number of aliphatic imine (C=N–C) groups is 1. The minimum Gasteiger partial charge on any atom is -0.405 e. The molecule has 0 bridgehead atoms. The largest absolute Gasteiger partial charge is 0.405 e. The maximum atomic E-state index is 5.77. The lowest BCUT2D eigenvalue weighted by Crippen LogP contribution is -1.86. The van der Waals surface area contributed by atoms with Gasteiger partial charge in [0, 0.05) is 18.0 Å². The Hall–Kier alpha value is -1.46. The first-order chi connectivity index (χ1) is 7.69. The summed E-state index contributed by atoms with van der Waals surface area (Å²) in [4.78, 5) is 12.6. The Labute approximate surface area is 102 Å². The molecular formula is C10H9ClN4S. The minimum atomic E-state index is 0.437. The van der Waals surface area contributed by atoms with E-state index in [2.05, 4.69) is 15.0 Å². The molecule has 2 rings (SSSR count). The van der Waals surface area contributed by atoms with Crippen LogP contribution in [0.1, 0.15) is 6.92 Å². The Morgan fingerprint density at radius 3 is 3.19 bits per heavy atom. The number of pyridine rings is 1. The van der Waals surface area contributed by atoms with Crippen LogP contribution in [0.25, 0.3) is 10.2 Å². The molecule has 2 heterocycles. The third-order valence-corrected chi connectivity index (χ3v) is 2.95. The standard InChI is InChI=1S/C10H9ClN4S/c1-6(2-3-12)14-10-15-7-4-9(11)13-5-8(7)16-10/h2-5H,12H2,1H3/b3-2-,14-6+. The van der Waals surface area contributed by atoms with Gasteiger partial charge in [-0.2, -0.15) is 0 Å². The number of nitrogens with two attached hydrogens (primary N) is 1. The van der Waals surface area contributed by atoms with Gasteiger partial charge in [-0.05, 0) is 19.2 Å². The van der Waals surface area contributed by atoms with E-state index in [0.717, 1.165) is 15.9 Å². The number of fused-ring (bicyclic) bond motifs is 1. The molecule has 0 atom stereocenters. The first-order valence-corrected chi connectivity index (χ1v) is 5.74. The quantitative estimate of drug-likeness (QED) is 0.660. The van der Waals surface area contributed by atoms with Crippen molar-refractivity contribution in [1.29, 1.82) is 0 Å². The summed E-state index contributed by atoms with van der Waals surface area (Å²) in [5.74, 6) is 0. The zero-order valence-corrected chi connectivity index (χ0v) is 10.1. The molecule has 16 heavy (non-hydrogen) atoms. The summed E-state index contributed by atoms with van der Waals surface area (Å²) in [6.07, 6.45) is 4.87. The van der Waals surface area contributed by atoms with E-state index in [1.165, 1.54) is 17.5 Å². The Bertz CT molecular complexity index is 573. The predicted molar refractivity (Wildman–Crippen MR) is 68.5 cm³/mol. The highest BCUT2D eigenvalue weighted by Gasteiger charge is 2.03. The van der Waals surface area contributed by atoms with E-state index in [0.29, 0.717) is 10.3 Å². The Morgan fingerprint density at radius 2 is 2.44 bits per heavy atom. The fourth-order valence-corrected chi connectivity index (χ4v) is 2.17. The predicted octanol–water partition coefficient (Wildman–Crippen LogP) is 2.91. The molecule has 0 saturated heterocycles. The van der Waals surface area contributed by atoms with Crippen molar-refractivity contribution in [2.75, 3.05) is 0 Å². The van der Waals surface area contributed by atoms with Crippen molar-refractivity contribution in [2.45, 2.75) is 6.92 Å². The molecule has 0 radical (unpaired) electrons. The van der Waals surface area contributed by atoms with Crippen molar-refractivity contribution in [3.05, 3.63) is 29.7 Å². The highest BCUT2D eigenvalue weighted by atomic mass is 35.5. The monoisotopic (exact) mass is 252 g/mol. The van der Waals surface area contributed by atoms with Crippen LogP contribution < -0.4 is 5.73 Å². The Morgan fingerprint density at radius 1 is 1.62 bits per heavy atom. The smallest absolute Gasteiger partial charge is 0.210 e. The molecule has 0 aliphatic carbocycles. The third kappa shape index (κ3) is 2.37. The second-order valence-corrected chi connectivity index (χ2v) is 4.48. The van der Waals surface area contributed by atoms with Crippen molar-refractivity contribution < 1.29 is 0 Å². The summed E-state index contributed by atoms with van der Waals surface area (Å²) < 4.78 is 0.965. The van der Waals surface area contributed by atoms with E-state index in [1.54, 1.807) is 18.3 Å². The van der Waals surface area contributed by atoms with E-state index in [-0.39, 0.29) is 0 Å². The number of hydrogen-bond donors (Lipinski definition) is 1. The highest BCUT2D eigenvalue weighted by Crippen LogP contribution is 2.28. The molecule has 2 N–H and O–H groups in total. The molecule has 0 aliphatic heterocycles. The normalized spacial score (nSPS) is 12.8. The molecule has 4 nitrogen and oxygen atoms in total. The molecule has 0 fully saturated rings. The molecule has 0 unspecified atom stereocenters. The van der Waals surface area contributed by atoms with Crippen LogP contribution >= 0.6 is 22.9 Å². The molecule has 2 aromatic heterocycles. The average Bonchev–Trinajstić information content (AvgIpc) is 2.59. The number of aromatic nitrogens is 2. The molecule has 0 saturated carbocycles. The highest BCUT2D eigenvalue weighted by molar-refractivity contribution is 7.22. The van der Waals surface area contributed by atoms with Crippen LogP contribution in [0, 0.1) is 0 Å². The SMILES string of the molecule is CC(/C=C\N)=N\c1nc2cc(Cl)ncc2s1. The van der Waals surface area contributed by atoms with Crippen LogP contribution in [0.3, 0.4) is 0 Å². The summed E-state index contributed by atoms with van der Waals surface area (Å²) >= 11 is 7.24. The zero-order chi connectivity index (χ0) is 11.5. The van der Waals surface area contributed by atoms with Crippen LogP contribution in [0.2, 0.25) is 5.15 Å². The maximum Gasteiger partial charge on any atom is 0.210 e. The lowest BCUT2D eigenvalue weighted by molar-refractivity contribution is 1.34. The van der Waals surface area contributed by atoms with E-state index in [4.69, 9.17) is 17.3 Å². The summed E-state index contributed by atoms with van der Waals surface area (Å²) in [5, 5.41) is 1.11. The van der Waals surface area contributed by atoms with Gasteiger partial charge in [0.25, 0.3) is 0 Å². The molecule has 82 valence electrons. The average molecular weight is 253 g/mol. The minimum absolute atomic E-state index is 0.437. The second kappa shape index (κ2) is 4.59. The summed E-state index contributed by atoms with van der Waals surface area (Å²) in [7, 11) is 0. The van der Waals surface area contributed by atoms with Crippen LogP contribution in [0.15, 0.2) is 29.5 Å². The lowest BCUT2D eigenvalue weighted by Gasteiger charge is -1.87. The lowest BCUT2D eigenvalue weighted by atomic mass is 10.4. The van der Waals surface area contributed by atoms with Gasteiger partial charge in [-0.1, -0.05) is 22.9 Å². The molecule has 2 aromatic rings. The van der Waals surface area contributed by atoms with Crippen LogP contribution in [-0.4, -0.2) is 15.7 Å². The Balaban J connectivity index is 2.43. The van der Waals surface area contributed by atoms with Gasteiger partial charge >= 0.3 is 0 Å². The van der Waals surface area contributed by atoms with Crippen LogP contribution in [-0.2, 0) is 0 Å². The van der Waals surface area contributed by atoms with Crippen molar-refractivity contribution in [3.8, 4) is 0 Å². The number of hydrogen-bond acceptors (Lipinski definition) is 5. The van der Waals surface area contributed by atoms with E-state index in [9.17, 15) is 0 Å². The third-order valence-electron chi connectivity index (χ3n) is 1.84. The molecule has 0 aliphatic rings. The molecule has 6 heteroatoms. The first-order valence-electron chi connectivity index (χ1n) is 4.54. The zero-order valence-electron chi connectivity index (χ0n) is 8.51.